The lowest BCUT2D eigenvalue weighted by atomic mass is 10.0. The molecule has 5 heteroatoms. The highest BCUT2D eigenvalue weighted by Gasteiger charge is 2.38. The number of ether oxygens (including phenoxy) is 2. The molecule has 0 saturated carbocycles. The van der Waals surface area contributed by atoms with Crippen LogP contribution in [0.5, 0.6) is 0 Å². The normalized spacial score (nSPS) is 27.8. The number of aliphatic hydroxyl groups excluding tert-OH is 3. The van der Waals surface area contributed by atoms with Gasteiger partial charge in [0.25, 0.3) is 0 Å². The Hall–Kier alpha value is -0.460. The molecule has 1 heterocycles. The standard InChI is InChI=1S/C19H36O5/c1-2-3-4-5-6-7-8-9-10-11-12-13-23-17-15-24-16(14-20)18(21)19(17)22/h2-3,16-22H,4-15H2,1H3/b3-2+/t16-,17+,18-,19-/m0/s1. The van der Waals surface area contributed by atoms with Crippen LogP contribution in [0.15, 0.2) is 12.2 Å². The molecule has 24 heavy (non-hydrogen) atoms. The average Bonchev–Trinajstić information content (AvgIpc) is 2.59. The summed E-state index contributed by atoms with van der Waals surface area (Å²) in [7, 11) is 0. The molecule has 1 fully saturated rings. The molecule has 4 atom stereocenters. The summed E-state index contributed by atoms with van der Waals surface area (Å²) in [6.07, 6.45) is 12.1. The summed E-state index contributed by atoms with van der Waals surface area (Å²) in [5, 5.41) is 28.7. The summed E-state index contributed by atoms with van der Waals surface area (Å²) in [4.78, 5) is 0. The van der Waals surface area contributed by atoms with Gasteiger partial charge in [-0.05, 0) is 26.2 Å². The van der Waals surface area contributed by atoms with Crippen LogP contribution in [0.4, 0.5) is 0 Å². The highest BCUT2D eigenvalue weighted by atomic mass is 16.6. The van der Waals surface area contributed by atoms with E-state index in [0.717, 1.165) is 12.8 Å². The largest absolute Gasteiger partial charge is 0.394 e. The first kappa shape index (κ1) is 21.6. The van der Waals surface area contributed by atoms with Crippen LogP contribution in [0.25, 0.3) is 0 Å². The minimum Gasteiger partial charge on any atom is -0.394 e. The summed E-state index contributed by atoms with van der Waals surface area (Å²) in [5.41, 5.74) is 0. The molecular formula is C19H36O5. The minimum absolute atomic E-state index is 0.219. The van der Waals surface area contributed by atoms with Crippen molar-refractivity contribution in [2.75, 3.05) is 19.8 Å². The number of hydrogen-bond donors (Lipinski definition) is 3. The van der Waals surface area contributed by atoms with Gasteiger partial charge in [-0.15, -0.1) is 0 Å². The van der Waals surface area contributed by atoms with Gasteiger partial charge in [0.1, 0.15) is 24.4 Å². The van der Waals surface area contributed by atoms with E-state index >= 15 is 0 Å². The van der Waals surface area contributed by atoms with Gasteiger partial charge < -0.3 is 24.8 Å². The molecule has 1 saturated heterocycles. The van der Waals surface area contributed by atoms with Crippen molar-refractivity contribution in [3.05, 3.63) is 12.2 Å². The lowest BCUT2D eigenvalue weighted by Crippen LogP contribution is -2.55. The Balaban J connectivity index is 1.92. The van der Waals surface area contributed by atoms with Crippen LogP contribution in [0.1, 0.15) is 64.7 Å². The Labute approximate surface area is 146 Å². The number of unbranched alkanes of at least 4 members (excludes halogenated alkanes) is 8. The predicted octanol–water partition coefficient (Wildman–Crippen LogP) is 2.57. The van der Waals surface area contributed by atoms with Crippen molar-refractivity contribution >= 4 is 0 Å². The van der Waals surface area contributed by atoms with Crippen LogP contribution < -0.4 is 0 Å². The van der Waals surface area contributed by atoms with E-state index in [2.05, 4.69) is 19.1 Å². The van der Waals surface area contributed by atoms with Gasteiger partial charge in [-0.3, -0.25) is 0 Å². The van der Waals surface area contributed by atoms with Crippen LogP contribution in [-0.4, -0.2) is 59.6 Å². The SMILES string of the molecule is C/C=C/CCCCCCCCCCO[C@@H]1CO[C@@H](CO)[C@H](O)[C@H]1O. The molecule has 1 aliphatic heterocycles. The van der Waals surface area contributed by atoms with Gasteiger partial charge in [0, 0.05) is 6.61 Å². The van der Waals surface area contributed by atoms with Gasteiger partial charge in [0.05, 0.1) is 13.2 Å². The third-order valence-corrected chi connectivity index (χ3v) is 4.60. The molecule has 0 aromatic carbocycles. The van der Waals surface area contributed by atoms with Crippen molar-refractivity contribution in [2.45, 2.75) is 89.1 Å². The summed E-state index contributed by atoms with van der Waals surface area (Å²) >= 11 is 0. The van der Waals surface area contributed by atoms with Crippen LogP contribution in [0, 0.1) is 0 Å². The average molecular weight is 344 g/mol. The van der Waals surface area contributed by atoms with E-state index in [1.54, 1.807) is 0 Å². The van der Waals surface area contributed by atoms with Crippen molar-refractivity contribution in [2.24, 2.45) is 0 Å². The second-order valence-corrected chi connectivity index (χ2v) is 6.63. The van der Waals surface area contributed by atoms with Crippen LogP contribution in [-0.2, 0) is 9.47 Å². The molecule has 0 spiro atoms. The Kier molecular flexibility index (Phi) is 12.4. The van der Waals surface area contributed by atoms with E-state index in [9.17, 15) is 10.2 Å². The molecule has 1 aliphatic rings. The van der Waals surface area contributed by atoms with Crippen molar-refractivity contribution in [1.29, 1.82) is 0 Å². The maximum absolute atomic E-state index is 9.95. The van der Waals surface area contributed by atoms with Crippen LogP contribution in [0.2, 0.25) is 0 Å². The third-order valence-electron chi connectivity index (χ3n) is 4.60. The Bertz CT molecular complexity index is 321. The minimum atomic E-state index is -1.08. The number of rotatable bonds is 13. The molecule has 3 N–H and O–H groups in total. The van der Waals surface area contributed by atoms with E-state index in [-0.39, 0.29) is 13.2 Å². The van der Waals surface area contributed by atoms with Gasteiger partial charge in [-0.2, -0.15) is 0 Å². The molecule has 142 valence electrons. The first-order valence-electron chi connectivity index (χ1n) is 9.52. The Morgan fingerprint density at radius 1 is 0.958 bits per heavy atom. The molecule has 0 aromatic heterocycles. The van der Waals surface area contributed by atoms with Gasteiger partial charge in [-0.25, -0.2) is 0 Å². The first-order valence-corrected chi connectivity index (χ1v) is 9.52. The monoisotopic (exact) mass is 344 g/mol. The molecule has 1 rings (SSSR count). The number of aliphatic hydroxyl groups is 3. The molecule has 0 aromatic rings. The molecule has 0 radical (unpaired) electrons. The van der Waals surface area contributed by atoms with Gasteiger partial charge in [0.2, 0.25) is 0 Å². The molecule has 0 bridgehead atoms. The summed E-state index contributed by atoms with van der Waals surface area (Å²) in [6, 6.07) is 0. The zero-order chi connectivity index (χ0) is 17.6. The van der Waals surface area contributed by atoms with Crippen molar-refractivity contribution in [3.63, 3.8) is 0 Å². The summed E-state index contributed by atoms with van der Waals surface area (Å²) < 4.78 is 10.9. The Morgan fingerprint density at radius 3 is 2.21 bits per heavy atom. The zero-order valence-corrected chi connectivity index (χ0v) is 15.1. The van der Waals surface area contributed by atoms with Gasteiger partial charge >= 0.3 is 0 Å². The first-order chi connectivity index (χ1) is 11.7. The maximum Gasteiger partial charge on any atom is 0.111 e. The van der Waals surface area contributed by atoms with Crippen molar-refractivity contribution < 1.29 is 24.8 Å². The van der Waals surface area contributed by atoms with Crippen LogP contribution >= 0.6 is 0 Å². The van der Waals surface area contributed by atoms with Gasteiger partial charge in [0.15, 0.2) is 0 Å². The maximum atomic E-state index is 9.95. The predicted molar refractivity (Wildman–Crippen MR) is 94.9 cm³/mol. The van der Waals surface area contributed by atoms with E-state index in [4.69, 9.17) is 14.6 Å². The fraction of sp³-hybridized carbons (Fsp3) is 0.895. The molecule has 5 nitrogen and oxygen atoms in total. The van der Waals surface area contributed by atoms with Crippen molar-refractivity contribution in [1.82, 2.24) is 0 Å². The smallest absolute Gasteiger partial charge is 0.111 e. The second kappa shape index (κ2) is 13.8. The third kappa shape index (κ3) is 8.58. The number of hydrogen-bond acceptors (Lipinski definition) is 5. The zero-order valence-electron chi connectivity index (χ0n) is 15.1. The lowest BCUT2D eigenvalue weighted by molar-refractivity contribution is -0.208. The molecular weight excluding hydrogens is 308 g/mol. The molecule has 0 amide bonds. The number of allylic oxidation sites excluding steroid dienone is 2. The topological polar surface area (TPSA) is 79.2 Å². The fourth-order valence-electron chi connectivity index (χ4n) is 2.99. The highest BCUT2D eigenvalue weighted by Crippen LogP contribution is 2.18. The summed E-state index contributed by atoms with van der Waals surface area (Å²) in [6.45, 7) is 2.57. The quantitative estimate of drug-likeness (QED) is 0.353. The second-order valence-electron chi connectivity index (χ2n) is 6.63. The van der Waals surface area contributed by atoms with E-state index in [1.165, 1.54) is 44.9 Å². The van der Waals surface area contributed by atoms with Gasteiger partial charge in [-0.1, -0.05) is 50.7 Å². The fourth-order valence-corrected chi connectivity index (χ4v) is 2.99. The van der Waals surface area contributed by atoms with E-state index < -0.39 is 24.4 Å². The summed E-state index contributed by atoms with van der Waals surface area (Å²) in [5.74, 6) is 0. The highest BCUT2D eigenvalue weighted by molar-refractivity contribution is 4.87. The van der Waals surface area contributed by atoms with Crippen LogP contribution in [0.3, 0.4) is 0 Å². The van der Waals surface area contributed by atoms with E-state index in [1.807, 2.05) is 0 Å². The van der Waals surface area contributed by atoms with E-state index in [0.29, 0.717) is 6.61 Å². The molecule has 0 aliphatic carbocycles. The Morgan fingerprint density at radius 2 is 1.58 bits per heavy atom. The molecule has 0 unspecified atom stereocenters. The van der Waals surface area contributed by atoms with Crippen molar-refractivity contribution in [3.8, 4) is 0 Å². The lowest BCUT2D eigenvalue weighted by Gasteiger charge is -2.36.